The molecule has 5 rings (SSSR count). The number of furan rings is 1. The van der Waals surface area contributed by atoms with E-state index in [9.17, 15) is 15.3 Å². The second kappa shape index (κ2) is 9.48. The topological polar surface area (TPSA) is 155 Å². The van der Waals surface area contributed by atoms with Crippen LogP contribution in [0.4, 0.5) is 11.8 Å². The fourth-order valence-corrected chi connectivity index (χ4v) is 4.60. The van der Waals surface area contributed by atoms with E-state index < -0.39 is 24.2 Å². The molecule has 0 amide bonds. The summed E-state index contributed by atoms with van der Waals surface area (Å²) >= 11 is 0. The van der Waals surface area contributed by atoms with Crippen LogP contribution in [0, 0.1) is 18.8 Å². The Morgan fingerprint density at radius 2 is 1.89 bits per heavy atom. The highest BCUT2D eigenvalue weighted by molar-refractivity contribution is 5.89. The van der Waals surface area contributed by atoms with Crippen LogP contribution in [0.1, 0.15) is 25.0 Å². The van der Waals surface area contributed by atoms with Crippen molar-refractivity contribution >= 4 is 22.7 Å². The first-order chi connectivity index (χ1) is 16.9. The zero-order valence-corrected chi connectivity index (χ0v) is 20.0. The minimum Gasteiger partial charge on any atom is -0.481 e. The number of aliphatic hydroxyl groups excluding tert-OH is 3. The summed E-state index contributed by atoms with van der Waals surface area (Å²) in [6.07, 6.45) is 0.707. The number of nitrogens with one attached hydrogen (secondary N) is 2. The van der Waals surface area contributed by atoms with E-state index in [1.165, 1.54) is 27.1 Å². The van der Waals surface area contributed by atoms with Crippen LogP contribution in [0.5, 0.6) is 11.8 Å². The Bertz CT molecular complexity index is 1210. The summed E-state index contributed by atoms with van der Waals surface area (Å²) < 4.78 is 16.8. The van der Waals surface area contributed by atoms with Gasteiger partial charge in [0, 0.05) is 30.5 Å². The second-order valence-corrected chi connectivity index (χ2v) is 9.29. The van der Waals surface area contributed by atoms with Gasteiger partial charge < -0.3 is 39.8 Å². The van der Waals surface area contributed by atoms with Crippen molar-refractivity contribution in [3.05, 3.63) is 17.8 Å². The maximum atomic E-state index is 10.6. The van der Waals surface area contributed by atoms with E-state index in [1.54, 1.807) is 6.07 Å². The van der Waals surface area contributed by atoms with Gasteiger partial charge in [0.15, 0.2) is 5.58 Å². The number of pyridine rings is 1. The predicted molar refractivity (Wildman–Crippen MR) is 129 cm³/mol. The van der Waals surface area contributed by atoms with Gasteiger partial charge in [-0.05, 0) is 38.2 Å². The highest BCUT2D eigenvalue weighted by atomic mass is 16.5. The van der Waals surface area contributed by atoms with Crippen molar-refractivity contribution in [2.45, 2.75) is 44.4 Å². The number of aromatic nitrogens is 3. The molecule has 3 aromatic heterocycles. The van der Waals surface area contributed by atoms with Gasteiger partial charge in [0.25, 0.3) is 5.88 Å². The number of ether oxygens (including phenoxy) is 2. The zero-order chi connectivity index (χ0) is 24.7. The molecular formula is C24H31N5O6. The molecule has 2 aliphatic rings. The minimum absolute atomic E-state index is 0.210. The van der Waals surface area contributed by atoms with Crippen molar-refractivity contribution in [3.63, 3.8) is 0 Å². The van der Waals surface area contributed by atoms with Crippen molar-refractivity contribution in [2.24, 2.45) is 11.8 Å². The van der Waals surface area contributed by atoms with Crippen LogP contribution in [0.3, 0.4) is 0 Å². The van der Waals surface area contributed by atoms with Crippen LogP contribution >= 0.6 is 0 Å². The van der Waals surface area contributed by atoms with Crippen molar-refractivity contribution < 1.29 is 29.2 Å². The number of anilines is 2. The lowest BCUT2D eigenvalue weighted by Crippen LogP contribution is -2.35. The molecule has 4 unspecified atom stereocenters. The van der Waals surface area contributed by atoms with Crippen LogP contribution in [0.15, 0.2) is 16.5 Å². The lowest BCUT2D eigenvalue weighted by Gasteiger charge is -2.21. The average Bonchev–Trinajstić information content (AvgIpc) is 3.53. The summed E-state index contributed by atoms with van der Waals surface area (Å²) in [7, 11) is 3.04. The number of hydrogen-bond donors (Lipinski definition) is 5. The largest absolute Gasteiger partial charge is 0.481 e. The maximum absolute atomic E-state index is 10.6. The van der Waals surface area contributed by atoms with Crippen LogP contribution in [0.25, 0.3) is 22.3 Å². The number of aliphatic hydroxyl groups is 3. The van der Waals surface area contributed by atoms with Gasteiger partial charge in [-0.3, -0.25) is 0 Å². The Morgan fingerprint density at radius 3 is 2.54 bits per heavy atom. The van der Waals surface area contributed by atoms with E-state index >= 15 is 0 Å². The molecule has 0 radical (unpaired) electrons. The molecule has 0 saturated heterocycles. The van der Waals surface area contributed by atoms with Gasteiger partial charge in [-0.1, -0.05) is 0 Å². The third-order valence-corrected chi connectivity index (χ3v) is 6.79. The number of methoxy groups -OCH3 is 2. The van der Waals surface area contributed by atoms with E-state index in [1.807, 2.05) is 13.0 Å². The molecule has 35 heavy (non-hydrogen) atoms. The SMILES string of the molecule is COc1cc2cc(-c3c(C)nc(NCC4CC4)nc3NC3CC(CO)C(O)C3O)oc2c(OC)n1. The van der Waals surface area contributed by atoms with E-state index in [4.69, 9.17) is 18.9 Å². The molecule has 0 aromatic carbocycles. The molecule has 3 aromatic rings. The van der Waals surface area contributed by atoms with Crippen LogP contribution in [-0.2, 0) is 0 Å². The van der Waals surface area contributed by atoms with E-state index in [0.717, 1.165) is 11.9 Å². The van der Waals surface area contributed by atoms with Crippen molar-refractivity contribution in [2.75, 3.05) is 38.0 Å². The Kier molecular flexibility index (Phi) is 6.39. The Balaban J connectivity index is 1.56. The molecule has 11 nitrogen and oxygen atoms in total. The molecule has 0 aliphatic heterocycles. The summed E-state index contributed by atoms with van der Waals surface area (Å²) in [5.41, 5.74) is 1.75. The molecule has 5 N–H and O–H groups in total. The summed E-state index contributed by atoms with van der Waals surface area (Å²) in [5.74, 6) is 2.34. The van der Waals surface area contributed by atoms with E-state index in [0.29, 0.717) is 58.5 Å². The number of hydrogen-bond acceptors (Lipinski definition) is 11. The molecule has 2 aliphatic carbocycles. The molecule has 4 atom stereocenters. The number of fused-ring (bicyclic) bond motifs is 1. The average molecular weight is 486 g/mol. The lowest BCUT2D eigenvalue weighted by atomic mass is 10.1. The first-order valence-corrected chi connectivity index (χ1v) is 11.8. The fourth-order valence-electron chi connectivity index (χ4n) is 4.60. The number of nitrogens with zero attached hydrogens (tertiary/aromatic N) is 3. The Morgan fingerprint density at radius 1 is 1.09 bits per heavy atom. The molecule has 11 heteroatoms. The third kappa shape index (κ3) is 4.58. The molecular weight excluding hydrogens is 454 g/mol. The number of aryl methyl sites for hydroxylation is 1. The zero-order valence-electron chi connectivity index (χ0n) is 20.0. The van der Waals surface area contributed by atoms with Crippen LogP contribution in [0.2, 0.25) is 0 Å². The summed E-state index contributed by atoms with van der Waals surface area (Å²) in [5, 5.41) is 37.8. The fraction of sp³-hybridized carbons (Fsp3) is 0.542. The quantitative estimate of drug-likeness (QED) is 0.302. The molecule has 188 valence electrons. The van der Waals surface area contributed by atoms with Gasteiger partial charge in [0.1, 0.15) is 17.7 Å². The second-order valence-electron chi connectivity index (χ2n) is 9.29. The summed E-state index contributed by atoms with van der Waals surface area (Å²) in [6.45, 7) is 2.45. The van der Waals surface area contributed by atoms with Gasteiger partial charge in [-0.25, -0.2) is 4.98 Å². The van der Waals surface area contributed by atoms with Gasteiger partial charge in [0.05, 0.1) is 37.6 Å². The van der Waals surface area contributed by atoms with Gasteiger partial charge in [0.2, 0.25) is 11.8 Å². The van der Waals surface area contributed by atoms with Crippen LogP contribution < -0.4 is 20.1 Å². The van der Waals surface area contributed by atoms with Gasteiger partial charge in [-0.2, -0.15) is 9.97 Å². The third-order valence-electron chi connectivity index (χ3n) is 6.79. The van der Waals surface area contributed by atoms with Gasteiger partial charge in [-0.15, -0.1) is 0 Å². The molecule has 3 heterocycles. The summed E-state index contributed by atoms with van der Waals surface area (Å²) in [4.78, 5) is 13.7. The summed E-state index contributed by atoms with van der Waals surface area (Å²) in [6, 6.07) is 3.09. The monoisotopic (exact) mass is 485 g/mol. The highest BCUT2D eigenvalue weighted by Crippen LogP contribution is 2.39. The van der Waals surface area contributed by atoms with Gasteiger partial charge >= 0.3 is 0 Å². The van der Waals surface area contributed by atoms with E-state index in [-0.39, 0.29) is 6.61 Å². The minimum atomic E-state index is -1.05. The van der Waals surface area contributed by atoms with Crippen molar-refractivity contribution in [3.8, 4) is 23.1 Å². The normalized spacial score (nSPS) is 24.1. The predicted octanol–water partition coefficient (Wildman–Crippen LogP) is 1.95. The maximum Gasteiger partial charge on any atom is 0.261 e. The molecule has 0 bridgehead atoms. The Labute approximate surface area is 202 Å². The molecule has 2 fully saturated rings. The van der Waals surface area contributed by atoms with Crippen molar-refractivity contribution in [1.29, 1.82) is 0 Å². The smallest absolute Gasteiger partial charge is 0.261 e. The highest BCUT2D eigenvalue weighted by Gasteiger charge is 2.41. The van der Waals surface area contributed by atoms with Crippen LogP contribution in [-0.4, -0.2) is 75.9 Å². The lowest BCUT2D eigenvalue weighted by molar-refractivity contribution is 0.00446. The molecule has 2 saturated carbocycles. The standard InChI is InChI=1S/C24H31N5O6/c1-11-18(16-7-13-8-17(33-2)28-23(34-3)21(13)35-16)22(29-24(26-11)25-9-12-4-5-12)27-15-6-14(10-30)19(31)20(15)32/h7-8,12,14-15,19-20,30-32H,4-6,9-10H2,1-3H3,(H2,25,26,27,29). The van der Waals surface area contributed by atoms with Crippen molar-refractivity contribution in [1.82, 2.24) is 15.0 Å². The first kappa shape index (κ1) is 23.6. The molecule has 0 spiro atoms. The number of rotatable bonds is 9. The van der Waals surface area contributed by atoms with E-state index in [2.05, 4.69) is 20.6 Å². The first-order valence-electron chi connectivity index (χ1n) is 11.8. The Hall–Kier alpha value is -3.15.